The van der Waals surface area contributed by atoms with Gasteiger partial charge in [-0.05, 0) is 18.2 Å². The summed E-state index contributed by atoms with van der Waals surface area (Å²) >= 11 is 0. The van der Waals surface area contributed by atoms with Crippen LogP contribution < -0.4 is 11.3 Å². The molecule has 0 fully saturated rings. The minimum Gasteiger partial charge on any atom is -0.478 e. The lowest BCUT2D eigenvalue weighted by molar-refractivity contribution is -0.137. The molecule has 0 aliphatic rings. The third-order valence-corrected chi connectivity index (χ3v) is 3.24. The Kier molecular flexibility index (Phi) is 4.26. The fourth-order valence-corrected chi connectivity index (χ4v) is 2.21. The van der Waals surface area contributed by atoms with Gasteiger partial charge in [0.25, 0.3) is 5.56 Å². The van der Waals surface area contributed by atoms with Crippen LogP contribution in [0.1, 0.15) is 26.3 Å². The summed E-state index contributed by atoms with van der Waals surface area (Å²) in [5, 5.41) is 18.3. The molecule has 2 aromatic rings. The van der Waals surface area contributed by atoms with E-state index in [4.69, 9.17) is 10.8 Å². The van der Waals surface area contributed by atoms with E-state index in [0.29, 0.717) is 12.1 Å². The third kappa shape index (κ3) is 3.16. The van der Waals surface area contributed by atoms with Crippen molar-refractivity contribution in [3.8, 4) is 11.1 Å². The number of nitrogens with one attached hydrogen (secondary N) is 1. The average Bonchev–Trinajstić information content (AvgIpc) is 2.44. The van der Waals surface area contributed by atoms with E-state index in [2.05, 4.69) is 0 Å². The molecule has 0 saturated heterocycles. The Hall–Kier alpha value is -3.37. The van der Waals surface area contributed by atoms with Gasteiger partial charge in [0.2, 0.25) is 0 Å². The lowest BCUT2D eigenvalue weighted by atomic mass is 9.93. The molecular weight excluding hydrogens is 352 g/mol. The van der Waals surface area contributed by atoms with Gasteiger partial charge >= 0.3 is 18.1 Å². The van der Waals surface area contributed by atoms with Crippen molar-refractivity contribution in [3.05, 3.63) is 51.1 Å². The number of halogens is 4. The molecule has 0 aliphatic heterocycles. The van der Waals surface area contributed by atoms with Gasteiger partial charge in [0, 0.05) is 11.1 Å². The normalized spacial score (nSPS) is 11.4. The number of aromatic amines is 1. The molecule has 0 saturated carbocycles. The number of carboxylic acids is 2. The molecule has 0 bridgehead atoms. The Morgan fingerprint density at radius 2 is 1.64 bits per heavy atom. The number of nitrogens with two attached hydrogens (primary N) is 1. The van der Waals surface area contributed by atoms with Crippen LogP contribution in [0, 0.1) is 5.82 Å². The van der Waals surface area contributed by atoms with Crippen molar-refractivity contribution in [2.24, 2.45) is 0 Å². The van der Waals surface area contributed by atoms with Crippen molar-refractivity contribution >= 4 is 17.8 Å². The van der Waals surface area contributed by atoms with Crippen molar-refractivity contribution in [2.45, 2.75) is 6.18 Å². The Morgan fingerprint density at radius 3 is 2.12 bits per heavy atom. The summed E-state index contributed by atoms with van der Waals surface area (Å²) in [5.74, 6) is -6.00. The van der Waals surface area contributed by atoms with Crippen molar-refractivity contribution in [1.82, 2.24) is 4.98 Å². The van der Waals surface area contributed by atoms with Gasteiger partial charge in [0.1, 0.15) is 22.8 Å². The van der Waals surface area contributed by atoms with Crippen LogP contribution in [0.2, 0.25) is 0 Å². The van der Waals surface area contributed by atoms with E-state index in [9.17, 15) is 37.1 Å². The monoisotopic (exact) mass is 360 g/mol. The van der Waals surface area contributed by atoms with Crippen molar-refractivity contribution in [2.75, 3.05) is 5.73 Å². The Labute approximate surface area is 135 Å². The molecule has 1 aromatic heterocycles. The number of H-pyrrole nitrogens is 1. The first kappa shape index (κ1) is 18.0. The number of hydrogen-bond acceptors (Lipinski definition) is 4. The number of alkyl halides is 3. The second-order valence-corrected chi connectivity index (χ2v) is 4.80. The van der Waals surface area contributed by atoms with Crippen LogP contribution in [-0.2, 0) is 6.18 Å². The average molecular weight is 360 g/mol. The zero-order chi connectivity index (χ0) is 19.1. The van der Waals surface area contributed by atoms with Gasteiger partial charge in [-0.2, -0.15) is 13.2 Å². The highest BCUT2D eigenvalue weighted by atomic mass is 19.4. The number of carboxylic acid groups (broad SMARTS) is 2. The van der Waals surface area contributed by atoms with Gasteiger partial charge < -0.3 is 20.9 Å². The largest absolute Gasteiger partial charge is 0.478 e. The summed E-state index contributed by atoms with van der Waals surface area (Å²) in [6.07, 6.45) is -4.91. The molecule has 0 radical (unpaired) electrons. The van der Waals surface area contributed by atoms with Gasteiger partial charge in [0.05, 0.1) is 5.56 Å². The SMILES string of the molecule is Nc1[nH]c(=O)c(C(=O)O)c(-c2cc(C(F)(F)F)ccc2F)c1C(=O)O. The number of rotatable bonds is 3. The van der Waals surface area contributed by atoms with Crippen molar-refractivity contribution < 1.29 is 37.4 Å². The number of aromatic carboxylic acids is 2. The highest BCUT2D eigenvalue weighted by Gasteiger charge is 2.33. The van der Waals surface area contributed by atoms with Gasteiger partial charge in [-0.1, -0.05) is 0 Å². The second-order valence-electron chi connectivity index (χ2n) is 4.80. The lowest BCUT2D eigenvalue weighted by Crippen LogP contribution is -2.24. The standard InChI is InChI=1S/C14H8F4N2O5/c15-6-2-1-4(14(16,17)18)3-5(6)7-8(12(22)23)10(19)20-11(21)9(7)13(24)25/h1-3H,(H,22,23)(H,24,25)(H3,19,20,21). The molecular formula is C14H8F4N2O5. The van der Waals surface area contributed by atoms with Gasteiger partial charge in [0.15, 0.2) is 0 Å². The van der Waals surface area contributed by atoms with Crippen LogP contribution in [0.3, 0.4) is 0 Å². The molecule has 0 atom stereocenters. The molecule has 7 nitrogen and oxygen atoms in total. The van der Waals surface area contributed by atoms with Crippen LogP contribution >= 0.6 is 0 Å². The predicted octanol–water partition coefficient (Wildman–Crippen LogP) is 2.18. The first-order valence-electron chi connectivity index (χ1n) is 6.34. The molecule has 1 aromatic carbocycles. The summed E-state index contributed by atoms with van der Waals surface area (Å²) in [4.78, 5) is 36.2. The zero-order valence-corrected chi connectivity index (χ0v) is 11.9. The van der Waals surface area contributed by atoms with E-state index in [1.54, 1.807) is 4.98 Å². The van der Waals surface area contributed by atoms with Crippen LogP contribution in [0.15, 0.2) is 23.0 Å². The highest BCUT2D eigenvalue weighted by molar-refractivity contribution is 6.07. The number of aromatic nitrogens is 1. The number of benzene rings is 1. The smallest absolute Gasteiger partial charge is 0.416 e. The third-order valence-electron chi connectivity index (χ3n) is 3.24. The van der Waals surface area contributed by atoms with E-state index in [-0.39, 0.29) is 6.07 Å². The van der Waals surface area contributed by atoms with Crippen molar-refractivity contribution in [1.29, 1.82) is 0 Å². The molecule has 5 N–H and O–H groups in total. The van der Waals surface area contributed by atoms with Crippen LogP contribution in [0.25, 0.3) is 11.1 Å². The second kappa shape index (κ2) is 5.92. The highest BCUT2D eigenvalue weighted by Crippen LogP contribution is 2.36. The van der Waals surface area contributed by atoms with E-state index >= 15 is 0 Å². The number of nitrogen functional groups attached to an aromatic ring is 1. The summed E-state index contributed by atoms with van der Waals surface area (Å²) in [6, 6.07) is 0.978. The maximum Gasteiger partial charge on any atom is 0.416 e. The quantitative estimate of drug-likeness (QED) is 0.620. The number of carbonyl (C=O) groups is 2. The fraction of sp³-hybridized carbons (Fsp3) is 0.0714. The van der Waals surface area contributed by atoms with Gasteiger partial charge in [-0.15, -0.1) is 0 Å². The van der Waals surface area contributed by atoms with Crippen LogP contribution in [0.5, 0.6) is 0 Å². The first-order valence-corrected chi connectivity index (χ1v) is 6.34. The van der Waals surface area contributed by atoms with E-state index in [1.165, 1.54) is 0 Å². The Balaban J connectivity index is 3.03. The molecule has 25 heavy (non-hydrogen) atoms. The fourth-order valence-electron chi connectivity index (χ4n) is 2.21. The minimum absolute atomic E-state index is 0.211. The first-order chi connectivity index (χ1) is 11.4. The molecule has 0 unspecified atom stereocenters. The van der Waals surface area contributed by atoms with E-state index < -0.39 is 63.1 Å². The minimum atomic E-state index is -4.91. The Morgan fingerprint density at radius 1 is 1.08 bits per heavy atom. The van der Waals surface area contributed by atoms with E-state index in [1.807, 2.05) is 0 Å². The van der Waals surface area contributed by atoms with Gasteiger partial charge in [-0.25, -0.2) is 14.0 Å². The Bertz CT molecular complexity index is 949. The number of anilines is 1. The molecule has 1 heterocycles. The van der Waals surface area contributed by atoms with E-state index in [0.717, 1.165) is 0 Å². The lowest BCUT2D eigenvalue weighted by Gasteiger charge is -2.14. The summed E-state index contributed by atoms with van der Waals surface area (Å²) < 4.78 is 52.6. The molecule has 0 spiro atoms. The van der Waals surface area contributed by atoms with Gasteiger partial charge in [-0.3, -0.25) is 4.79 Å². The summed E-state index contributed by atoms with van der Waals surface area (Å²) in [5.41, 5.74) is -1.78. The molecule has 132 valence electrons. The summed E-state index contributed by atoms with van der Waals surface area (Å²) in [7, 11) is 0. The van der Waals surface area contributed by atoms with Crippen molar-refractivity contribution in [3.63, 3.8) is 0 Å². The molecule has 11 heteroatoms. The zero-order valence-electron chi connectivity index (χ0n) is 11.9. The number of hydrogen-bond donors (Lipinski definition) is 4. The molecule has 2 rings (SSSR count). The summed E-state index contributed by atoms with van der Waals surface area (Å²) in [6.45, 7) is 0. The predicted molar refractivity (Wildman–Crippen MR) is 75.8 cm³/mol. The van der Waals surface area contributed by atoms with Crippen LogP contribution in [0.4, 0.5) is 23.4 Å². The maximum absolute atomic E-state index is 14.1. The molecule has 0 amide bonds. The molecule has 0 aliphatic carbocycles. The van der Waals surface area contributed by atoms with Crippen LogP contribution in [-0.4, -0.2) is 27.1 Å². The number of pyridine rings is 1. The maximum atomic E-state index is 14.1. The topological polar surface area (TPSA) is 133 Å².